The van der Waals surface area contributed by atoms with Gasteiger partial charge in [-0.2, -0.15) is 0 Å². The Labute approximate surface area is 183 Å². The molecule has 0 radical (unpaired) electrons. The second-order valence-electron chi connectivity index (χ2n) is 8.83. The highest BCUT2D eigenvalue weighted by Crippen LogP contribution is 2.14. The van der Waals surface area contributed by atoms with Crippen molar-refractivity contribution in [3.63, 3.8) is 0 Å². The van der Waals surface area contributed by atoms with Gasteiger partial charge in [0.05, 0.1) is 13.2 Å². The number of hydrogen-bond acceptors (Lipinski definition) is 3. The number of hydrogen-bond donors (Lipinski definition) is 1. The predicted molar refractivity (Wildman–Crippen MR) is 127 cm³/mol. The Bertz CT molecular complexity index is 279. The first kappa shape index (κ1) is 28.9. The van der Waals surface area contributed by atoms with Crippen LogP contribution in [0.2, 0.25) is 0 Å². The summed E-state index contributed by atoms with van der Waals surface area (Å²) in [5, 5.41) is 8.99. The SMILES string of the molecule is CCCCCCCCCCCCCCCCCCCCCCOC[C@H](CO)OC. The van der Waals surface area contributed by atoms with Crippen molar-refractivity contribution in [2.45, 2.75) is 141 Å². The largest absolute Gasteiger partial charge is 0.394 e. The summed E-state index contributed by atoms with van der Waals surface area (Å²) >= 11 is 0. The normalized spacial score (nSPS) is 12.5. The molecule has 0 spiro atoms. The van der Waals surface area contributed by atoms with Crippen molar-refractivity contribution in [1.29, 1.82) is 0 Å². The number of rotatable bonds is 25. The lowest BCUT2D eigenvalue weighted by Crippen LogP contribution is -2.22. The molecular formula is C26H54O3. The minimum absolute atomic E-state index is 0.0375. The van der Waals surface area contributed by atoms with Crippen molar-refractivity contribution in [1.82, 2.24) is 0 Å². The van der Waals surface area contributed by atoms with Gasteiger partial charge in [-0.1, -0.05) is 129 Å². The van der Waals surface area contributed by atoms with E-state index < -0.39 is 0 Å². The first-order valence-corrected chi connectivity index (χ1v) is 13.1. The summed E-state index contributed by atoms with van der Waals surface area (Å²) < 4.78 is 10.6. The second kappa shape index (κ2) is 25.9. The van der Waals surface area contributed by atoms with E-state index in [0.717, 1.165) is 13.0 Å². The van der Waals surface area contributed by atoms with Gasteiger partial charge in [0.2, 0.25) is 0 Å². The molecule has 1 N–H and O–H groups in total. The Morgan fingerprint density at radius 3 is 1.21 bits per heavy atom. The fraction of sp³-hybridized carbons (Fsp3) is 1.00. The van der Waals surface area contributed by atoms with Crippen molar-refractivity contribution in [2.24, 2.45) is 0 Å². The lowest BCUT2D eigenvalue weighted by Gasteiger charge is -2.12. The molecule has 1 atom stereocenters. The van der Waals surface area contributed by atoms with Crippen LogP contribution in [-0.4, -0.2) is 38.1 Å². The smallest absolute Gasteiger partial charge is 0.103 e. The van der Waals surface area contributed by atoms with Crippen LogP contribution in [0, 0.1) is 0 Å². The van der Waals surface area contributed by atoms with Gasteiger partial charge in [-0.25, -0.2) is 0 Å². The van der Waals surface area contributed by atoms with E-state index in [1.807, 2.05) is 0 Å². The van der Waals surface area contributed by atoms with Gasteiger partial charge in [-0.05, 0) is 6.42 Å². The molecule has 0 amide bonds. The average molecular weight is 415 g/mol. The summed E-state index contributed by atoms with van der Waals surface area (Å²) in [5.41, 5.74) is 0. The maximum atomic E-state index is 8.99. The van der Waals surface area contributed by atoms with Crippen LogP contribution >= 0.6 is 0 Å². The Balaban J connectivity index is 3.03. The molecule has 0 rings (SSSR count). The van der Waals surface area contributed by atoms with Crippen LogP contribution in [0.4, 0.5) is 0 Å². The van der Waals surface area contributed by atoms with Gasteiger partial charge in [-0.15, -0.1) is 0 Å². The van der Waals surface area contributed by atoms with E-state index in [2.05, 4.69) is 6.92 Å². The zero-order valence-electron chi connectivity index (χ0n) is 20.1. The van der Waals surface area contributed by atoms with Crippen LogP contribution in [0.15, 0.2) is 0 Å². The Morgan fingerprint density at radius 2 is 0.897 bits per heavy atom. The van der Waals surface area contributed by atoms with Crippen LogP contribution in [0.3, 0.4) is 0 Å². The number of aliphatic hydroxyl groups excluding tert-OH is 1. The van der Waals surface area contributed by atoms with E-state index in [0.29, 0.717) is 6.61 Å². The van der Waals surface area contributed by atoms with Crippen molar-refractivity contribution in [2.75, 3.05) is 26.9 Å². The average Bonchev–Trinajstić information content (AvgIpc) is 2.74. The van der Waals surface area contributed by atoms with E-state index in [-0.39, 0.29) is 12.7 Å². The van der Waals surface area contributed by atoms with E-state index in [9.17, 15) is 0 Å². The van der Waals surface area contributed by atoms with E-state index in [4.69, 9.17) is 14.6 Å². The second-order valence-corrected chi connectivity index (χ2v) is 8.83. The molecule has 0 saturated heterocycles. The highest BCUT2D eigenvalue weighted by atomic mass is 16.5. The molecule has 0 aliphatic rings. The molecule has 3 heteroatoms. The Morgan fingerprint density at radius 1 is 0.552 bits per heavy atom. The fourth-order valence-electron chi connectivity index (χ4n) is 3.87. The number of aliphatic hydroxyl groups is 1. The quantitative estimate of drug-likeness (QED) is 0.155. The number of ether oxygens (including phenoxy) is 2. The molecule has 0 aliphatic carbocycles. The van der Waals surface area contributed by atoms with E-state index in [1.165, 1.54) is 122 Å². The van der Waals surface area contributed by atoms with E-state index >= 15 is 0 Å². The third kappa shape index (κ3) is 24.0. The Hall–Kier alpha value is -0.120. The number of unbranched alkanes of at least 4 members (excludes halogenated alkanes) is 19. The molecule has 176 valence electrons. The minimum atomic E-state index is -0.167. The highest BCUT2D eigenvalue weighted by molar-refractivity contribution is 4.53. The highest BCUT2D eigenvalue weighted by Gasteiger charge is 2.04. The summed E-state index contributed by atoms with van der Waals surface area (Å²) in [5.74, 6) is 0. The van der Waals surface area contributed by atoms with Crippen LogP contribution in [0.25, 0.3) is 0 Å². The van der Waals surface area contributed by atoms with Crippen molar-refractivity contribution in [3.8, 4) is 0 Å². The third-order valence-corrected chi connectivity index (χ3v) is 5.98. The first-order valence-electron chi connectivity index (χ1n) is 13.1. The summed E-state index contributed by atoms with van der Waals surface area (Å²) in [6.07, 6.45) is 28.0. The molecule has 0 bridgehead atoms. The summed E-state index contributed by atoms with van der Waals surface area (Å²) in [4.78, 5) is 0. The molecule has 3 nitrogen and oxygen atoms in total. The fourth-order valence-corrected chi connectivity index (χ4v) is 3.87. The van der Waals surface area contributed by atoms with Crippen molar-refractivity contribution in [3.05, 3.63) is 0 Å². The maximum absolute atomic E-state index is 8.99. The van der Waals surface area contributed by atoms with Gasteiger partial charge in [0.15, 0.2) is 0 Å². The summed E-state index contributed by atoms with van der Waals surface area (Å²) in [6.45, 7) is 3.63. The molecule has 0 saturated carbocycles. The van der Waals surface area contributed by atoms with Crippen LogP contribution in [0.1, 0.15) is 135 Å². The number of methoxy groups -OCH3 is 1. The lowest BCUT2D eigenvalue weighted by atomic mass is 10.0. The van der Waals surface area contributed by atoms with Crippen molar-refractivity contribution < 1.29 is 14.6 Å². The van der Waals surface area contributed by atoms with Gasteiger partial charge in [0.1, 0.15) is 6.10 Å². The van der Waals surface area contributed by atoms with Crippen molar-refractivity contribution >= 4 is 0 Å². The summed E-state index contributed by atoms with van der Waals surface area (Å²) in [6, 6.07) is 0. The molecule has 0 heterocycles. The monoisotopic (exact) mass is 414 g/mol. The molecule has 0 fully saturated rings. The molecule has 0 aliphatic heterocycles. The van der Waals surface area contributed by atoms with Crippen LogP contribution < -0.4 is 0 Å². The van der Waals surface area contributed by atoms with Crippen LogP contribution in [0.5, 0.6) is 0 Å². The van der Waals surface area contributed by atoms with Gasteiger partial charge in [-0.3, -0.25) is 0 Å². The zero-order valence-corrected chi connectivity index (χ0v) is 20.1. The zero-order chi connectivity index (χ0) is 21.3. The molecule has 0 aromatic heterocycles. The first-order chi connectivity index (χ1) is 14.3. The maximum Gasteiger partial charge on any atom is 0.103 e. The predicted octanol–water partition coefficient (Wildman–Crippen LogP) is 7.83. The van der Waals surface area contributed by atoms with Gasteiger partial charge < -0.3 is 14.6 Å². The molecule has 0 unspecified atom stereocenters. The topological polar surface area (TPSA) is 38.7 Å². The van der Waals surface area contributed by atoms with Crippen LogP contribution in [-0.2, 0) is 9.47 Å². The molecule has 0 aromatic rings. The standard InChI is InChI=1S/C26H54O3/c1-3-4-5-6-7-8-9-10-11-12-13-14-15-16-17-18-19-20-21-22-23-29-25-26(24-27)28-2/h26-27H,3-25H2,1-2H3/t26-/m0/s1. The lowest BCUT2D eigenvalue weighted by molar-refractivity contribution is -0.0205. The molecular weight excluding hydrogens is 360 g/mol. The third-order valence-electron chi connectivity index (χ3n) is 5.98. The summed E-state index contributed by atoms with van der Waals surface area (Å²) in [7, 11) is 1.61. The Kier molecular flexibility index (Phi) is 25.8. The van der Waals surface area contributed by atoms with E-state index in [1.54, 1.807) is 7.11 Å². The molecule has 0 aromatic carbocycles. The molecule has 29 heavy (non-hydrogen) atoms. The van der Waals surface area contributed by atoms with Gasteiger partial charge >= 0.3 is 0 Å². The van der Waals surface area contributed by atoms with Gasteiger partial charge in [0.25, 0.3) is 0 Å². The van der Waals surface area contributed by atoms with Gasteiger partial charge in [0, 0.05) is 13.7 Å². The minimum Gasteiger partial charge on any atom is -0.394 e.